The van der Waals surface area contributed by atoms with Gasteiger partial charge in [-0.3, -0.25) is 4.79 Å². The zero-order valence-electron chi connectivity index (χ0n) is 7.19. The first kappa shape index (κ1) is 9.31. The summed E-state index contributed by atoms with van der Waals surface area (Å²) < 4.78 is 4.94. The van der Waals surface area contributed by atoms with Crippen molar-refractivity contribution in [3.05, 3.63) is 24.2 Å². The van der Waals surface area contributed by atoms with E-state index in [0.29, 0.717) is 12.4 Å². The highest BCUT2D eigenvalue weighted by atomic mass is 16.6. The maximum atomic E-state index is 10.9. The molecule has 0 fully saturated rings. The topological polar surface area (TPSA) is 77.8 Å². The van der Waals surface area contributed by atoms with Gasteiger partial charge in [-0.1, -0.05) is 5.16 Å². The number of carbonyl (C=O) groups excluding carboxylic acids is 1. The van der Waals surface area contributed by atoms with Crippen molar-refractivity contribution >= 4 is 11.6 Å². The molecule has 0 saturated heterocycles. The molecular formula is C8H10N2O3. The smallest absolute Gasteiger partial charge is 0.274 e. The molecule has 0 bridgehead atoms. The van der Waals surface area contributed by atoms with Crippen LogP contribution in [0.1, 0.15) is 12.7 Å². The van der Waals surface area contributed by atoms with Crippen LogP contribution in [0.5, 0.6) is 0 Å². The van der Waals surface area contributed by atoms with Crippen LogP contribution in [0.2, 0.25) is 0 Å². The van der Waals surface area contributed by atoms with Gasteiger partial charge in [0.25, 0.3) is 5.91 Å². The van der Waals surface area contributed by atoms with Crippen LogP contribution in [0.3, 0.4) is 0 Å². The Morgan fingerprint density at radius 3 is 3.00 bits per heavy atom. The van der Waals surface area contributed by atoms with E-state index in [0.717, 1.165) is 0 Å². The lowest BCUT2D eigenvalue weighted by atomic mass is 10.3. The Morgan fingerprint density at radius 2 is 2.54 bits per heavy atom. The van der Waals surface area contributed by atoms with Gasteiger partial charge in [-0.05, 0) is 19.1 Å². The predicted molar refractivity (Wildman–Crippen MR) is 46.1 cm³/mol. The van der Waals surface area contributed by atoms with E-state index in [1.54, 1.807) is 19.1 Å². The standard InChI is InChI=1S/C8H10N2O3/c1-2-13-10-7(8(9)11)6-4-3-5-12-6/h3-5H,2H2,1H3,(H2,9,11)/b10-7-. The van der Waals surface area contributed by atoms with Crippen LogP contribution in [0.4, 0.5) is 0 Å². The molecule has 5 heteroatoms. The van der Waals surface area contributed by atoms with Crippen LogP contribution >= 0.6 is 0 Å². The Bertz CT molecular complexity index is 303. The number of nitrogens with two attached hydrogens (primary N) is 1. The molecule has 1 aromatic rings. The molecule has 1 aromatic heterocycles. The number of amides is 1. The molecular weight excluding hydrogens is 172 g/mol. The third-order valence-electron chi connectivity index (χ3n) is 1.27. The monoisotopic (exact) mass is 182 g/mol. The molecule has 0 aliphatic rings. The van der Waals surface area contributed by atoms with Crippen molar-refractivity contribution in [1.82, 2.24) is 0 Å². The summed E-state index contributed by atoms with van der Waals surface area (Å²) in [6.45, 7) is 2.13. The van der Waals surface area contributed by atoms with Gasteiger partial charge >= 0.3 is 0 Å². The lowest BCUT2D eigenvalue weighted by Gasteiger charge is -1.97. The summed E-state index contributed by atoms with van der Waals surface area (Å²) in [5, 5.41) is 3.53. The fourth-order valence-corrected chi connectivity index (χ4v) is 0.754. The van der Waals surface area contributed by atoms with Crippen LogP contribution in [0.25, 0.3) is 0 Å². The van der Waals surface area contributed by atoms with Crippen LogP contribution in [-0.2, 0) is 9.63 Å². The number of rotatable bonds is 4. The van der Waals surface area contributed by atoms with Gasteiger partial charge < -0.3 is 15.0 Å². The van der Waals surface area contributed by atoms with Crippen LogP contribution in [-0.4, -0.2) is 18.2 Å². The Kier molecular flexibility index (Phi) is 3.08. The zero-order chi connectivity index (χ0) is 9.68. The number of carbonyl (C=O) groups is 1. The van der Waals surface area contributed by atoms with Crippen molar-refractivity contribution in [1.29, 1.82) is 0 Å². The molecule has 5 nitrogen and oxygen atoms in total. The van der Waals surface area contributed by atoms with Gasteiger partial charge in [-0.2, -0.15) is 0 Å². The molecule has 0 unspecified atom stereocenters. The first-order valence-corrected chi connectivity index (χ1v) is 3.79. The maximum Gasteiger partial charge on any atom is 0.274 e. The quantitative estimate of drug-likeness (QED) is 0.544. The van der Waals surface area contributed by atoms with Gasteiger partial charge in [-0.15, -0.1) is 0 Å². The van der Waals surface area contributed by atoms with E-state index in [9.17, 15) is 4.79 Å². The number of oxime groups is 1. The fraction of sp³-hybridized carbons (Fsp3) is 0.250. The van der Waals surface area contributed by atoms with E-state index in [4.69, 9.17) is 15.0 Å². The number of furan rings is 1. The Morgan fingerprint density at radius 1 is 1.77 bits per heavy atom. The highest BCUT2D eigenvalue weighted by Crippen LogP contribution is 2.02. The normalized spacial score (nSPS) is 11.3. The van der Waals surface area contributed by atoms with Crippen molar-refractivity contribution in [2.24, 2.45) is 10.9 Å². The molecule has 0 saturated carbocycles. The average molecular weight is 182 g/mol. The molecule has 1 rings (SSSR count). The summed E-state index contributed by atoms with van der Waals surface area (Å²) in [4.78, 5) is 15.6. The van der Waals surface area contributed by atoms with E-state index >= 15 is 0 Å². The van der Waals surface area contributed by atoms with Crippen molar-refractivity contribution in [2.75, 3.05) is 6.61 Å². The average Bonchev–Trinajstić information content (AvgIpc) is 2.57. The Hall–Kier alpha value is -1.78. The van der Waals surface area contributed by atoms with E-state index in [1.165, 1.54) is 6.26 Å². The molecule has 1 amide bonds. The molecule has 0 aromatic carbocycles. The second-order valence-electron chi connectivity index (χ2n) is 2.20. The molecule has 2 N–H and O–H groups in total. The van der Waals surface area contributed by atoms with E-state index in [-0.39, 0.29) is 5.71 Å². The number of nitrogens with zero attached hydrogens (tertiary/aromatic N) is 1. The SMILES string of the molecule is CCO/N=C(\C(N)=O)c1ccco1. The summed E-state index contributed by atoms with van der Waals surface area (Å²) in [6.07, 6.45) is 1.43. The zero-order valence-corrected chi connectivity index (χ0v) is 7.19. The lowest BCUT2D eigenvalue weighted by Crippen LogP contribution is -2.24. The van der Waals surface area contributed by atoms with E-state index in [1.807, 2.05) is 0 Å². The molecule has 1 heterocycles. The third kappa shape index (κ3) is 2.33. The highest BCUT2D eigenvalue weighted by molar-refractivity contribution is 6.43. The summed E-state index contributed by atoms with van der Waals surface area (Å²) >= 11 is 0. The minimum Gasteiger partial charge on any atom is -0.462 e. The summed E-state index contributed by atoms with van der Waals surface area (Å²) in [7, 11) is 0. The van der Waals surface area contributed by atoms with Crippen molar-refractivity contribution in [3.8, 4) is 0 Å². The highest BCUT2D eigenvalue weighted by Gasteiger charge is 2.13. The first-order valence-electron chi connectivity index (χ1n) is 3.79. The minimum absolute atomic E-state index is 0.00755. The molecule has 70 valence electrons. The van der Waals surface area contributed by atoms with Crippen LogP contribution in [0, 0.1) is 0 Å². The molecule has 0 spiro atoms. The molecule has 0 aliphatic carbocycles. The predicted octanol–water partition coefficient (Wildman–Crippen LogP) is 0.505. The number of hydrogen-bond acceptors (Lipinski definition) is 4. The van der Waals surface area contributed by atoms with Crippen molar-refractivity contribution in [3.63, 3.8) is 0 Å². The van der Waals surface area contributed by atoms with Crippen LogP contribution < -0.4 is 5.73 Å². The molecule has 0 radical (unpaired) electrons. The van der Waals surface area contributed by atoms with Gasteiger partial charge in [0.2, 0.25) is 5.71 Å². The van der Waals surface area contributed by atoms with Crippen molar-refractivity contribution in [2.45, 2.75) is 6.92 Å². The molecule has 13 heavy (non-hydrogen) atoms. The molecule has 0 aliphatic heterocycles. The lowest BCUT2D eigenvalue weighted by molar-refractivity contribution is -0.112. The van der Waals surface area contributed by atoms with Gasteiger partial charge in [0.15, 0.2) is 5.76 Å². The Labute approximate surface area is 75.1 Å². The first-order chi connectivity index (χ1) is 6.25. The van der Waals surface area contributed by atoms with Gasteiger partial charge in [-0.25, -0.2) is 0 Å². The van der Waals surface area contributed by atoms with Gasteiger partial charge in [0, 0.05) is 0 Å². The minimum atomic E-state index is -0.677. The van der Waals surface area contributed by atoms with Gasteiger partial charge in [0.05, 0.1) is 6.26 Å². The van der Waals surface area contributed by atoms with Crippen LogP contribution in [0.15, 0.2) is 28.0 Å². The summed E-state index contributed by atoms with van der Waals surface area (Å²) in [5.74, 6) is -0.371. The van der Waals surface area contributed by atoms with E-state index in [2.05, 4.69) is 5.16 Å². The third-order valence-corrected chi connectivity index (χ3v) is 1.27. The largest absolute Gasteiger partial charge is 0.462 e. The second kappa shape index (κ2) is 4.30. The summed E-state index contributed by atoms with van der Waals surface area (Å²) in [6, 6.07) is 3.22. The number of primary amides is 1. The number of hydrogen-bond donors (Lipinski definition) is 1. The molecule has 0 atom stereocenters. The maximum absolute atomic E-state index is 10.9. The van der Waals surface area contributed by atoms with Gasteiger partial charge in [0.1, 0.15) is 6.61 Å². The van der Waals surface area contributed by atoms with Crippen molar-refractivity contribution < 1.29 is 14.0 Å². The fourth-order valence-electron chi connectivity index (χ4n) is 0.754. The van der Waals surface area contributed by atoms with E-state index < -0.39 is 5.91 Å². The summed E-state index contributed by atoms with van der Waals surface area (Å²) in [5.41, 5.74) is 5.05. The Balaban J connectivity index is 2.87. The second-order valence-corrected chi connectivity index (χ2v) is 2.20.